The number of nitrogens with two attached hydrogens (primary N) is 1. The number of rotatable bonds is 0. The molecule has 12 heavy (non-hydrogen) atoms. The van der Waals surface area contributed by atoms with Gasteiger partial charge in [0.05, 0.1) is 0 Å². The molecule has 2 N–H and O–H groups in total. The predicted octanol–water partition coefficient (Wildman–Crippen LogP) is -1.33. The molecule has 0 atom stereocenters. The van der Waals surface area contributed by atoms with E-state index in [4.69, 9.17) is 5.84 Å². The van der Waals surface area contributed by atoms with Gasteiger partial charge in [0.1, 0.15) is 0 Å². The summed E-state index contributed by atoms with van der Waals surface area (Å²) < 4.78 is 2.19. The van der Waals surface area contributed by atoms with Crippen molar-refractivity contribution >= 4 is 0 Å². The molecule has 0 saturated heterocycles. The topological polar surface area (TPSA) is 70.0 Å². The van der Waals surface area contributed by atoms with Crippen molar-refractivity contribution in [2.24, 2.45) is 0 Å². The highest BCUT2D eigenvalue weighted by atomic mass is 16.2. The first-order valence-corrected chi connectivity index (χ1v) is 3.81. The molecular weight excluding hydrogens is 158 g/mol. The van der Waals surface area contributed by atoms with Crippen molar-refractivity contribution in [2.45, 2.75) is 19.4 Å². The van der Waals surface area contributed by atoms with E-state index in [1.165, 1.54) is 6.07 Å². The van der Waals surface area contributed by atoms with Gasteiger partial charge in [0.2, 0.25) is 0 Å². The average Bonchev–Trinajstić information content (AvgIpc) is 2.48. The van der Waals surface area contributed by atoms with Crippen LogP contribution in [0.1, 0.15) is 12.1 Å². The molecule has 1 aliphatic heterocycles. The zero-order valence-corrected chi connectivity index (χ0v) is 6.49. The van der Waals surface area contributed by atoms with Gasteiger partial charge < -0.3 is 5.84 Å². The van der Waals surface area contributed by atoms with Gasteiger partial charge in [0, 0.05) is 18.3 Å². The summed E-state index contributed by atoms with van der Waals surface area (Å²) in [5, 5.41) is 0. The van der Waals surface area contributed by atoms with E-state index in [9.17, 15) is 9.59 Å². The van der Waals surface area contributed by atoms with Gasteiger partial charge in [-0.15, -0.1) is 0 Å². The maximum Gasteiger partial charge on any atom is 0.349 e. The van der Waals surface area contributed by atoms with Crippen LogP contribution in [0.3, 0.4) is 0 Å². The average molecular weight is 167 g/mol. The normalized spacial score (nSPS) is 14.7. The van der Waals surface area contributed by atoms with Crippen LogP contribution in [0.4, 0.5) is 0 Å². The second kappa shape index (κ2) is 2.23. The number of hydrogen-bond acceptors (Lipinski definition) is 3. The van der Waals surface area contributed by atoms with Crippen LogP contribution < -0.4 is 17.1 Å². The molecule has 0 amide bonds. The Kier molecular flexibility index (Phi) is 1.33. The van der Waals surface area contributed by atoms with Crippen molar-refractivity contribution in [2.75, 3.05) is 5.84 Å². The first kappa shape index (κ1) is 7.15. The lowest BCUT2D eigenvalue weighted by Gasteiger charge is -2.02. The third-order valence-electron chi connectivity index (χ3n) is 2.13. The molecule has 0 unspecified atom stereocenters. The van der Waals surface area contributed by atoms with Crippen LogP contribution in [0.15, 0.2) is 15.7 Å². The molecule has 2 rings (SSSR count). The largest absolute Gasteiger partial charge is 0.349 e. The maximum atomic E-state index is 11.3. The highest BCUT2D eigenvalue weighted by Gasteiger charge is 2.14. The second-order valence-corrected chi connectivity index (χ2v) is 2.88. The summed E-state index contributed by atoms with van der Waals surface area (Å²) in [6, 6.07) is 1.42. The maximum absolute atomic E-state index is 11.3. The predicted molar refractivity (Wildman–Crippen MR) is 43.4 cm³/mol. The first-order valence-electron chi connectivity index (χ1n) is 3.81. The van der Waals surface area contributed by atoms with Gasteiger partial charge in [-0.3, -0.25) is 9.36 Å². The molecule has 2 heterocycles. The van der Waals surface area contributed by atoms with E-state index in [1.54, 1.807) is 4.57 Å². The monoisotopic (exact) mass is 167 g/mol. The highest BCUT2D eigenvalue weighted by Crippen LogP contribution is 2.07. The molecule has 64 valence electrons. The minimum Gasteiger partial charge on any atom is -0.332 e. The minimum atomic E-state index is -0.423. The summed E-state index contributed by atoms with van der Waals surface area (Å²) in [6.45, 7) is 0.672. The Balaban J connectivity index is 2.85. The lowest BCUT2D eigenvalue weighted by molar-refractivity contribution is 0.652. The van der Waals surface area contributed by atoms with Crippen molar-refractivity contribution in [3.63, 3.8) is 0 Å². The number of nitrogens with zero attached hydrogens (tertiary/aromatic N) is 2. The quantitative estimate of drug-likeness (QED) is 0.487. The fourth-order valence-corrected chi connectivity index (χ4v) is 1.50. The molecule has 1 aliphatic rings. The molecule has 1 aromatic rings. The van der Waals surface area contributed by atoms with E-state index in [1.807, 2.05) is 0 Å². The Labute approximate surface area is 68.0 Å². The van der Waals surface area contributed by atoms with E-state index in [2.05, 4.69) is 0 Å². The van der Waals surface area contributed by atoms with Crippen LogP contribution in [0.25, 0.3) is 0 Å². The Morgan fingerprint density at radius 3 is 2.92 bits per heavy atom. The van der Waals surface area contributed by atoms with Gasteiger partial charge in [0.15, 0.2) is 0 Å². The summed E-state index contributed by atoms with van der Waals surface area (Å²) >= 11 is 0. The van der Waals surface area contributed by atoms with E-state index in [0.717, 1.165) is 18.5 Å². The number of nitrogen functional groups attached to an aromatic ring is 1. The SMILES string of the molecule is Nn1c(=O)cc2n(c1=O)CCC2. The summed E-state index contributed by atoms with van der Waals surface area (Å²) in [5.41, 5.74) is -0.0325. The van der Waals surface area contributed by atoms with Crippen LogP contribution in [0.2, 0.25) is 0 Å². The molecule has 1 aromatic heterocycles. The van der Waals surface area contributed by atoms with Crippen molar-refractivity contribution < 1.29 is 0 Å². The fraction of sp³-hybridized carbons (Fsp3) is 0.429. The third-order valence-corrected chi connectivity index (χ3v) is 2.13. The Morgan fingerprint density at radius 1 is 1.42 bits per heavy atom. The number of aromatic nitrogens is 2. The molecule has 5 heteroatoms. The van der Waals surface area contributed by atoms with Crippen molar-refractivity contribution in [3.05, 3.63) is 32.6 Å². The molecule has 0 spiro atoms. The van der Waals surface area contributed by atoms with Crippen molar-refractivity contribution in [1.29, 1.82) is 0 Å². The summed E-state index contributed by atoms with van der Waals surface area (Å²) in [7, 11) is 0. The van der Waals surface area contributed by atoms with Crippen LogP contribution in [0.5, 0.6) is 0 Å². The van der Waals surface area contributed by atoms with Gasteiger partial charge in [-0.1, -0.05) is 0 Å². The fourth-order valence-electron chi connectivity index (χ4n) is 1.50. The Morgan fingerprint density at radius 2 is 2.17 bits per heavy atom. The van der Waals surface area contributed by atoms with Crippen LogP contribution in [0, 0.1) is 0 Å². The van der Waals surface area contributed by atoms with Crippen molar-refractivity contribution in [1.82, 2.24) is 9.24 Å². The number of aryl methyl sites for hydroxylation is 1. The molecule has 0 saturated carbocycles. The van der Waals surface area contributed by atoms with E-state index >= 15 is 0 Å². The van der Waals surface area contributed by atoms with E-state index in [0.29, 0.717) is 11.2 Å². The lowest BCUT2D eigenvalue weighted by Crippen LogP contribution is -2.44. The highest BCUT2D eigenvalue weighted by molar-refractivity contribution is 5.06. The van der Waals surface area contributed by atoms with Gasteiger partial charge >= 0.3 is 5.69 Å². The minimum absolute atomic E-state index is 0.407. The zero-order valence-electron chi connectivity index (χ0n) is 6.49. The Bertz CT molecular complexity index is 429. The third kappa shape index (κ3) is 0.792. The molecule has 0 aromatic carbocycles. The summed E-state index contributed by atoms with van der Waals surface area (Å²) in [4.78, 5) is 22.3. The van der Waals surface area contributed by atoms with Gasteiger partial charge in [-0.2, -0.15) is 4.68 Å². The van der Waals surface area contributed by atoms with E-state index in [-0.39, 0.29) is 0 Å². The Hall–Kier alpha value is -1.52. The molecular formula is C7H9N3O2. The zero-order chi connectivity index (χ0) is 8.72. The standard InChI is InChI=1S/C7H9N3O2/c8-10-6(11)4-5-2-1-3-9(5)7(10)12/h4H,1-3,8H2. The van der Waals surface area contributed by atoms with Crippen LogP contribution in [-0.4, -0.2) is 9.24 Å². The van der Waals surface area contributed by atoms with Crippen LogP contribution >= 0.6 is 0 Å². The van der Waals surface area contributed by atoms with Gasteiger partial charge in [-0.05, 0) is 12.8 Å². The smallest absolute Gasteiger partial charge is 0.332 e. The number of hydrogen-bond donors (Lipinski definition) is 1. The number of fused-ring (bicyclic) bond motifs is 1. The van der Waals surface area contributed by atoms with E-state index < -0.39 is 11.2 Å². The molecule has 0 radical (unpaired) electrons. The lowest BCUT2D eigenvalue weighted by atomic mass is 10.3. The summed E-state index contributed by atoms with van der Waals surface area (Å²) in [5.74, 6) is 5.23. The molecule has 0 bridgehead atoms. The van der Waals surface area contributed by atoms with Gasteiger partial charge in [0.25, 0.3) is 5.56 Å². The molecule has 0 fully saturated rings. The molecule has 0 aliphatic carbocycles. The molecule has 5 nitrogen and oxygen atoms in total. The van der Waals surface area contributed by atoms with Crippen LogP contribution in [-0.2, 0) is 13.0 Å². The summed E-state index contributed by atoms with van der Waals surface area (Å²) in [6.07, 6.45) is 1.71. The first-order chi connectivity index (χ1) is 5.70. The second-order valence-electron chi connectivity index (χ2n) is 2.88. The van der Waals surface area contributed by atoms with Crippen molar-refractivity contribution in [3.8, 4) is 0 Å². The van der Waals surface area contributed by atoms with Gasteiger partial charge in [-0.25, -0.2) is 4.79 Å².